The van der Waals surface area contributed by atoms with Crippen LogP contribution < -0.4 is 0 Å². The van der Waals surface area contributed by atoms with Crippen LogP contribution in [-0.4, -0.2) is 73.5 Å². The Morgan fingerprint density at radius 2 is 1.71 bits per heavy atom. The zero-order valence-electron chi connectivity index (χ0n) is 15.2. The third-order valence-corrected chi connectivity index (χ3v) is 5.64. The molecule has 1 aromatic carbocycles. The second-order valence-corrected chi connectivity index (χ2v) is 7.35. The SMILES string of the molecule is CCc1ccccc1C(=O)N1CCC(CN2CCN(C)CC2)CC1. The number of likely N-dealkylation sites (tertiary alicyclic amines) is 1. The van der Waals surface area contributed by atoms with E-state index in [9.17, 15) is 4.79 Å². The lowest BCUT2D eigenvalue weighted by Crippen LogP contribution is -2.48. The van der Waals surface area contributed by atoms with E-state index in [4.69, 9.17) is 0 Å². The lowest BCUT2D eigenvalue weighted by Gasteiger charge is -2.38. The lowest BCUT2D eigenvalue weighted by atomic mass is 9.94. The minimum absolute atomic E-state index is 0.227. The third-order valence-electron chi connectivity index (χ3n) is 5.64. The highest BCUT2D eigenvalue weighted by atomic mass is 16.2. The molecule has 0 spiro atoms. The van der Waals surface area contributed by atoms with E-state index in [0.717, 1.165) is 43.8 Å². The van der Waals surface area contributed by atoms with Crippen LogP contribution in [0.25, 0.3) is 0 Å². The summed E-state index contributed by atoms with van der Waals surface area (Å²) in [6, 6.07) is 8.06. The van der Waals surface area contributed by atoms with Gasteiger partial charge in [0, 0.05) is 51.4 Å². The number of nitrogens with zero attached hydrogens (tertiary/aromatic N) is 3. The zero-order valence-corrected chi connectivity index (χ0v) is 15.2. The number of piperazine rings is 1. The van der Waals surface area contributed by atoms with Crippen LogP contribution in [0.3, 0.4) is 0 Å². The summed E-state index contributed by atoms with van der Waals surface area (Å²) in [5, 5.41) is 0. The molecule has 0 radical (unpaired) electrons. The van der Waals surface area contributed by atoms with Gasteiger partial charge >= 0.3 is 0 Å². The van der Waals surface area contributed by atoms with Crippen molar-refractivity contribution in [1.82, 2.24) is 14.7 Å². The van der Waals surface area contributed by atoms with Gasteiger partial charge in [0.2, 0.25) is 0 Å². The maximum Gasteiger partial charge on any atom is 0.254 e. The molecule has 24 heavy (non-hydrogen) atoms. The lowest BCUT2D eigenvalue weighted by molar-refractivity contribution is 0.0643. The summed E-state index contributed by atoms with van der Waals surface area (Å²) in [5.74, 6) is 0.976. The van der Waals surface area contributed by atoms with Gasteiger partial charge in [-0.05, 0) is 43.9 Å². The smallest absolute Gasteiger partial charge is 0.254 e. The van der Waals surface area contributed by atoms with Gasteiger partial charge in [-0.3, -0.25) is 4.79 Å². The number of hydrogen-bond donors (Lipinski definition) is 0. The zero-order chi connectivity index (χ0) is 16.9. The first-order chi connectivity index (χ1) is 11.7. The van der Waals surface area contributed by atoms with E-state index in [1.165, 1.54) is 38.3 Å². The highest BCUT2D eigenvalue weighted by molar-refractivity contribution is 5.95. The molecule has 1 amide bonds. The average Bonchev–Trinajstić information content (AvgIpc) is 2.63. The van der Waals surface area contributed by atoms with Crippen molar-refractivity contribution in [1.29, 1.82) is 0 Å². The number of carbonyl (C=O) groups is 1. The van der Waals surface area contributed by atoms with Crippen LogP contribution >= 0.6 is 0 Å². The molecule has 2 saturated heterocycles. The summed E-state index contributed by atoms with van der Waals surface area (Å²) in [6.07, 6.45) is 3.21. The molecule has 0 aromatic heterocycles. The first-order valence-corrected chi connectivity index (χ1v) is 9.45. The molecule has 0 atom stereocenters. The number of amides is 1. The molecule has 2 aliphatic rings. The number of rotatable bonds is 4. The molecule has 0 aliphatic carbocycles. The molecule has 1 aromatic rings. The Hall–Kier alpha value is -1.39. The van der Waals surface area contributed by atoms with Gasteiger partial charge < -0.3 is 14.7 Å². The van der Waals surface area contributed by atoms with Crippen LogP contribution in [0.1, 0.15) is 35.7 Å². The summed E-state index contributed by atoms with van der Waals surface area (Å²) in [5.41, 5.74) is 2.07. The molecule has 4 nitrogen and oxygen atoms in total. The molecule has 2 heterocycles. The molecule has 0 unspecified atom stereocenters. The highest BCUT2D eigenvalue weighted by Crippen LogP contribution is 2.22. The molecule has 2 aliphatic heterocycles. The number of aryl methyl sites for hydroxylation is 1. The van der Waals surface area contributed by atoms with Gasteiger partial charge in [0.25, 0.3) is 5.91 Å². The van der Waals surface area contributed by atoms with Crippen LogP contribution in [0, 0.1) is 5.92 Å². The van der Waals surface area contributed by atoms with Crippen LogP contribution in [0.15, 0.2) is 24.3 Å². The Kier molecular flexibility index (Phi) is 5.90. The molecule has 0 saturated carbocycles. The third kappa shape index (κ3) is 4.17. The monoisotopic (exact) mass is 329 g/mol. The topological polar surface area (TPSA) is 26.8 Å². The molecular weight excluding hydrogens is 298 g/mol. The predicted molar refractivity (Wildman–Crippen MR) is 98.4 cm³/mol. The first-order valence-electron chi connectivity index (χ1n) is 9.45. The Bertz CT molecular complexity index is 544. The van der Waals surface area contributed by atoms with Gasteiger partial charge in [-0.25, -0.2) is 0 Å². The maximum absolute atomic E-state index is 12.8. The van der Waals surface area contributed by atoms with Crippen molar-refractivity contribution in [2.75, 3.05) is 52.9 Å². The molecule has 132 valence electrons. The molecular formula is C20H31N3O. The van der Waals surface area contributed by atoms with Crippen molar-refractivity contribution < 1.29 is 4.79 Å². The van der Waals surface area contributed by atoms with Crippen LogP contribution in [0.2, 0.25) is 0 Å². The number of piperidine rings is 1. The van der Waals surface area contributed by atoms with Crippen molar-refractivity contribution in [3.63, 3.8) is 0 Å². The van der Waals surface area contributed by atoms with E-state index in [1.54, 1.807) is 0 Å². The van der Waals surface area contributed by atoms with Gasteiger partial charge in [-0.15, -0.1) is 0 Å². The van der Waals surface area contributed by atoms with Crippen molar-refractivity contribution >= 4 is 5.91 Å². The molecule has 0 N–H and O–H groups in total. The first kappa shape index (κ1) is 17.4. The number of likely N-dealkylation sites (N-methyl/N-ethyl adjacent to an activating group) is 1. The summed E-state index contributed by atoms with van der Waals surface area (Å²) < 4.78 is 0. The van der Waals surface area contributed by atoms with Crippen LogP contribution in [-0.2, 0) is 6.42 Å². The van der Waals surface area contributed by atoms with Gasteiger partial charge in [0.1, 0.15) is 0 Å². The molecule has 4 heteroatoms. The summed E-state index contributed by atoms with van der Waals surface area (Å²) >= 11 is 0. The van der Waals surface area contributed by atoms with Crippen molar-refractivity contribution in [3.8, 4) is 0 Å². The van der Waals surface area contributed by atoms with E-state index >= 15 is 0 Å². The van der Waals surface area contributed by atoms with Gasteiger partial charge in [-0.2, -0.15) is 0 Å². The fourth-order valence-electron chi connectivity index (χ4n) is 3.92. The van der Waals surface area contributed by atoms with E-state index in [0.29, 0.717) is 0 Å². The van der Waals surface area contributed by atoms with E-state index in [1.807, 2.05) is 18.2 Å². The largest absolute Gasteiger partial charge is 0.339 e. The Labute approximate surface area is 146 Å². The number of carbonyl (C=O) groups excluding carboxylic acids is 1. The quantitative estimate of drug-likeness (QED) is 0.848. The fraction of sp³-hybridized carbons (Fsp3) is 0.650. The van der Waals surface area contributed by atoms with Gasteiger partial charge in [-0.1, -0.05) is 25.1 Å². The highest BCUT2D eigenvalue weighted by Gasteiger charge is 2.26. The van der Waals surface area contributed by atoms with Crippen molar-refractivity contribution in [2.24, 2.45) is 5.92 Å². The van der Waals surface area contributed by atoms with Crippen LogP contribution in [0.4, 0.5) is 0 Å². The number of benzene rings is 1. The predicted octanol–water partition coefficient (Wildman–Crippen LogP) is 2.35. The second-order valence-electron chi connectivity index (χ2n) is 7.35. The second kappa shape index (κ2) is 8.13. The van der Waals surface area contributed by atoms with E-state index < -0.39 is 0 Å². The van der Waals surface area contributed by atoms with Crippen molar-refractivity contribution in [2.45, 2.75) is 26.2 Å². The summed E-state index contributed by atoms with van der Waals surface area (Å²) in [6.45, 7) is 9.91. The standard InChI is InChI=1S/C20H31N3O/c1-3-18-6-4-5-7-19(18)20(24)23-10-8-17(9-11-23)16-22-14-12-21(2)13-15-22/h4-7,17H,3,8-16H2,1-2H3. The van der Waals surface area contributed by atoms with Crippen LogP contribution in [0.5, 0.6) is 0 Å². The molecule has 0 bridgehead atoms. The fourth-order valence-corrected chi connectivity index (χ4v) is 3.92. The van der Waals surface area contributed by atoms with Gasteiger partial charge in [0.15, 0.2) is 0 Å². The summed E-state index contributed by atoms with van der Waals surface area (Å²) in [4.78, 5) is 19.9. The minimum Gasteiger partial charge on any atom is -0.339 e. The Balaban J connectivity index is 1.50. The Morgan fingerprint density at radius 1 is 1.04 bits per heavy atom. The van der Waals surface area contributed by atoms with E-state index in [2.05, 4.69) is 34.7 Å². The molecule has 3 rings (SSSR count). The average molecular weight is 329 g/mol. The summed E-state index contributed by atoms with van der Waals surface area (Å²) in [7, 11) is 2.20. The maximum atomic E-state index is 12.8. The Morgan fingerprint density at radius 3 is 2.38 bits per heavy atom. The van der Waals surface area contributed by atoms with Gasteiger partial charge in [0.05, 0.1) is 0 Å². The molecule has 2 fully saturated rings. The van der Waals surface area contributed by atoms with E-state index in [-0.39, 0.29) is 5.91 Å². The normalized spacial score (nSPS) is 21.2. The number of hydrogen-bond acceptors (Lipinski definition) is 3. The van der Waals surface area contributed by atoms with Crippen molar-refractivity contribution in [3.05, 3.63) is 35.4 Å². The minimum atomic E-state index is 0.227.